The van der Waals surface area contributed by atoms with Gasteiger partial charge in [0, 0.05) is 6.07 Å². The number of nitrogens with zero attached hydrogens (tertiary/aromatic N) is 4. The summed E-state index contributed by atoms with van der Waals surface area (Å²) in [6, 6.07) is 4.36. The van der Waals surface area contributed by atoms with E-state index < -0.39 is 21.6 Å². The number of carbonyl (C=O) groups excluding carboxylic acids is 1. The molecule has 0 aliphatic carbocycles. The van der Waals surface area contributed by atoms with Crippen LogP contribution in [0.4, 0.5) is 17.2 Å². The van der Waals surface area contributed by atoms with Gasteiger partial charge in [-0.3, -0.25) is 14.9 Å². The van der Waals surface area contributed by atoms with Crippen molar-refractivity contribution < 1.29 is 14.6 Å². The fraction of sp³-hybridized carbons (Fsp3) is 0.231. The van der Waals surface area contributed by atoms with Gasteiger partial charge < -0.3 is 15.4 Å². The second-order valence-corrected chi connectivity index (χ2v) is 5.34. The van der Waals surface area contributed by atoms with Crippen LogP contribution < -0.4 is 5.32 Å². The first-order valence-electron chi connectivity index (χ1n) is 6.63. The fourth-order valence-electron chi connectivity index (χ4n) is 2.00. The standard InChI is InChI=1S/C13H12ClN5O5/c1-7-3-4-9(10(5-7)18(21)22)15-11(20)6-17-8(2)12(14)13(16-17)19(23)24/h3-5H,6H2,1-2H3,(H,15,20). The molecule has 1 N–H and O–H groups in total. The summed E-state index contributed by atoms with van der Waals surface area (Å²) in [5, 5.41) is 27.7. The Morgan fingerprint density at radius 2 is 1.96 bits per heavy atom. The van der Waals surface area contributed by atoms with E-state index in [1.165, 1.54) is 19.1 Å². The van der Waals surface area contributed by atoms with Gasteiger partial charge in [-0.1, -0.05) is 17.7 Å². The molecule has 2 rings (SSSR count). The van der Waals surface area contributed by atoms with E-state index in [1.54, 1.807) is 13.0 Å². The molecule has 0 spiro atoms. The Hall–Kier alpha value is -3.01. The number of rotatable bonds is 5. The van der Waals surface area contributed by atoms with Gasteiger partial charge in [0.25, 0.3) is 5.69 Å². The molecule has 126 valence electrons. The van der Waals surface area contributed by atoms with Crippen LogP contribution in [0.2, 0.25) is 5.02 Å². The van der Waals surface area contributed by atoms with E-state index in [1.807, 2.05) is 0 Å². The average Bonchev–Trinajstić information content (AvgIpc) is 2.77. The Balaban J connectivity index is 2.22. The molecule has 0 radical (unpaired) electrons. The summed E-state index contributed by atoms with van der Waals surface area (Å²) in [5.74, 6) is -1.18. The van der Waals surface area contributed by atoms with Gasteiger partial charge in [0.2, 0.25) is 5.91 Å². The molecule has 0 aliphatic rings. The van der Waals surface area contributed by atoms with Gasteiger partial charge in [0.15, 0.2) is 5.02 Å². The monoisotopic (exact) mass is 353 g/mol. The highest BCUT2D eigenvalue weighted by molar-refractivity contribution is 6.33. The number of nitro benzene ring substituents is 1. The lowest BCUT2D eigenvalue weighted by Crippen LogP contribution is -2.21. The van der Waals surface area contributed by atoms with Crippen LogP contribution in [-0.2, 0) is 11.3 Å². The Morgan fingerprint density at radius 1 is 1.29 bits per heavy atom. The number of anilines is 1. The Kier molecular flexibility index (Phi) is 4.79. The number of carbonyl (C=O) groups is 1. The Labute approximate surface area is 140 Å². The van der Waals surface area contributed by atoms with Gasteiger partial charge in [0.05, 0.1) is 15.7 Å². The van der Waals surface area contributed by atoms with Gasteiger partial charge in [-0.15, -0.1) is 0 Å². The minimum atomic E-state index is -0.755. The number of aryl methyl sites for hydroxylation is 1. The summed E-state index contributed by atoms with van der Waals surface area (Å²) in [4.78, 5) is 32.5. The average molecular weight is 354 g/mol. The van der Waals surface area contributed by atoms with Gasteiger partial charge in [0.1, 0.15) is 12.2 Å². The summed E-state index contributed by atoms with van der Waals surface area (Å²) in [7, 11) is 0. The van der Waals surface area contributed by atoms with Crippen LogP contribution >= 0.6 is 11.6 Å². The maximum atomic E-state index is 12.1. The van der Waals surface area contributed by atoms with Crippen molar-refractivity contribution in [3.63, 3.8) is 0 Å². The van der Waals surface area contributed by atoms with Crippen LogP contribution in [-0.4, -0.2) is 25.5 Å². The minimum Gasteiger partial charge on any atom is -0.358 e. The molecule has 0 unspecified atom stereocenters. The van der Waals surface area contributed by atoms with Crippen molar-refractivity contribution in [3.05, 3.63) is 54.7 Å². The molecule has 2 aromatic rings. The first kappa shape index (κ1) is 17.3. The number of nitrogens with one attached hydrogen (secondary N) is 1. The van der Waals surface area contributed by atoms with E-state index in [0.29, 0.717) is 5.56 Å². The SMILES string of the molecule is Cc1ccc(NC(=O)Cn2nc([N+](=O)[O-])c(Cl)c2C)c([N+](=O)[O-])c1. The molecule has 0 atom stereocenters. The maximum Gasteiger partial charge on any atom is 0.408 e. The molecule has 10 nitrogen and oxygen atoms in total. The fourth-order valence-corrected chi connectivity index (χ4v) is 2.21. The highest BCUT2D eigenvalue weighted by atomic mass is 35.5. The molecule has 0 aliphatic heterocycles. The van der Waals surface area contributed by atoms with E-state index in [0.717, 1.165) is 4.68 Å². The number of hydrogen-bond acceptors (Lipinski definition) is 6. The molecule has 0 saturated heterocycles. The number of nitro groups is 2. The number of halogens is 1. The van der Waals surface area contributed by atoms with E-state index in [2.05, 4.69) is 10.4 Å². The van der Waals surface area contributed by atoms with Crippen molar-refractivity contribution in [1.29, 1.82) is 0 Å². The highest BCUT2D eigenvalue weighted by Crippen LogP contribution is 2.27. The normalized spacial score (nSPS) is 10.5. The first-order valence-corrected chi connectivity index (χ1v) is 7.00. The van der Waals surface area contributed by atoms with Crippen LogP contribution in [0.15, 0.2) is 18.2 Å². The summed E-state index contributed by atoms with van der Waals surface area (Å²) in [6.07, 6.45) is 0. The van der Waals surface area contributed by atoms with E-state index in [9.17, 15) is 25.0 Å². The lowest BCUT2D eigenvalue weighted by molar-refractivity contribution is -0.389. The number of hydrogen-bond donors (Lipinski definition) is 1. The summed E-state index contributed by atoms with van der Waals surface area (Å²) in [5.41, 5.74) is 0.701. The minimum absolute atomic E-state index is 0.0287. The van der Waals surface area contributed by atoms with E-state index >= 15 is 0 Å². The second-order valence-electron chi connectivity index (χ2n) is 4.96. The van der Waals surface area contributed by atoms with Crippen LogP contribution in [0, 0.1) is 34.1 Å². The van der Waals surface area contributed by atoms with Crippen molar-refractivity contribution in [2.75, 3.05) is 5.32 Å². The predicted octanol–water partition coefficient (Wildman–Crippen LogP) is 2.61. The quantitative estimate of drug-likeness (QED) is 0.648. The third kappa shape index (κ3) is 3.49. The van der Waals surface area contributed by atoms with Gasteiger partial charge in [-0.05, 0) is 30.4 Å². The Bertz CT molecular complexity index is 848. The summed E-state index contributed by atoms with van der Waals surface area (Å²) in [6.45, 7) is 2.79. The molecule has 1 amide bonds. The molecular weight excluding hydrogens is 342 g/mol. The molecule has 24 heavy (non-hydrogen) atoms. The largest absolute Gasteiger partial charge is 0.408 e. The highest BCUT2D eigenvalue weighted by Gasteiger charge is 2.25. The van der Waals surface area contributed by atoms with E-state index in [-0.39, 0.29) is 28.6 Å². The lowest BCUT2D eigenvalue weighted by atomic mass is 10.2. The molecule has 11 heteroatoms. The molecule has 1 heterocycles. The number of aromatic nitrogens is 2. The van der Waals surface area contributed by atoms with Crippen LogP contribution in [0.3, 0.4) is 0 Å². The number of amides is 1. The number of benzene rings is 1. The van der Waals surface area contributed by atoms with Crippen molar-refractivity contribution in [2.45, 2.75) is 20.4 Å². The van der Waals surface area contributed by atoms with Gasteiger partial charge in [-0.2, -0.15) is 4.68 Å². The van der Waals surface area contributed by atoms with Crippen molar-refractivity contribution in [1.82, 2.24) is 9.78 Å². The van der Waals surface area contributed by atoms with Crippen molar-refractivity contribution in [3.8, 4) is 0 Å². The summed E-state index contributed by atoms with van der Waals surface area (Å²) < 4.78 is 1.07. The molecule has 1 aromatic heterocycles. The molecule has 0 saturated carbocycles. The zero-order chi connectivity index (χ0) is 18.0. The molecule has 0 bridgehead atoms. The smallest absolute Gasteiger partial charge is 0.358 e. The third-order valence-electron chi connectivity index (χ3n) is 3.21. The molecule has 0 fully saturated rings. The Morgan fingerprint density at radius 3 is 2.50 bits per heavy atom. The molecule has 1 aromatic carbocycles. The molecular formula is C13H12ClN5O5. The van der Waals surface area contributed by atoms with Crippen molar-refractivity contribution >= 4 is 34.7 Å². The lowest BCUT2D eigenvalue weighted by Gasteiger charge is -2.06. The topological polar surface area (TPSA) is 133 Å². The van der Waals surface area contributed by atoms with Crippen LogP contribution in [0.1, 0.15) is 11.3 Å². The predicted molar refractivity (Wildman–Crippen MR) is 85.1 cm³/mol. The summed E-state index contributed by atoms with van der Waals surface area (Å²) >= 11 is 5.79. The third-order valence-corrected chi connectivity index (χ3v) is 3.65. The zero-order valence-corrected chi connectivity index (χ0v) is 13.4. The van der Waals surface area contributed by atoms with E-state index in [4.69, 9.17) is 11.6 Å². The van der Waals surface area contributed by atoms with Crippen LogP contribution in [0.25, 0.3) is 0 Å². The zero-order valence-electron chi connectivity index (χ0n) is 12.6. The first-order chi connectivity index (χ1) is 11.2. The maximum absolute atomic E-state index is 12.1. The second kappa shape index (κ2) is 6.62. The van der Waals surface area contributed by atoms with Gasteiger partial charge in [-0.25, -0.2) is 0 Å². The van der Waals surface area contributed by atoms with Crippen LogP contribution in [0.5, 0.6) is 0 Å². The van der Waals surface area contributed by atoms with Gasteiger partial charge >= 0.3 is 5.82 Å². The van der Waals surface area contributed by atoms with Crippen molar-refractivity contribution in [2.24, 2.45) is 0 Å².